The molecule has 1 atom stereocenters. The molecule has 1 rings (SSSR count). The Morgan fingerprint density at radius 3 is 2.82 bits per heavy atom. The van der Waals surface area contributed by atoms with E-state index < -0.39 is 17.9 Å². The summed E-state index contributed by atoms with van der Waals surface area (Å²) in [6, 6.07) is 4.14. The van der Waals surface area contributed by atoms with Crippen LogP contribution in [0.2, 0.25) is 0 Å². The van der Waals surface area contributed by atoms with Crippen LogP contribution >= 0.6 is 15.9 Å². The first-order valence-electron chi connectivity index (χ1n) is 6.51. The quantitative estimate of drug-likeness (QED) is 0.510. The molecule has 0 aliphatic heterocycles. The number of halogens is 1. The number of carbonyl (C=O) groups excluding carboxylic acids is 1. The van der Waals surface area contributed by atoms with Crippen LogP contribution in [-0.2, 0) is 20.7 Å². The molecule has 0 aliphatic carbocycles. The van der Waals surface area contributed by atoms with Gasteiger partial charge in [0.05, 0.1) is 26.7 Å². The summed E-state index contributed by atoms with van der Waals surface area (Å²) in [5.41, 5.74) is 0.702. The molecule has 0 saturated carbocycles. The van der Waals surface area contributed by atoms with E-state index in [1.54, 1.807) is 18.2 Å². The standard InChI is InChI=1S/C15H18BrNO5/c1-3-6-22-9-13(15(19)20)17-14(18)8-10-7-11(21-2)4-5-12(10)16/h3-5,7,13H,1,6,8-9H2,2H3,(H,17,18)(H,19,20). The Kier molecular flexibility index (Phi) is 7.62. The van der Waals surface area contributed by atoms with E-state index in [9.17, 15) is 9.59 Å². The smallest absolute Gasteiger partial charge is 0.328 e. The van der Waals surface area contributed by atoms with Crippen molar-refractivity contribution in [3.63, 3.8) is 0 Å². The third kappa shape index (κ3) is 5.87. The molecular weight excluding hydrogens is 354 g/mol. The molecule has 0 aliphatic rings. The van der Waals surface area contributed by atoms with E-state index in [0.29, 0.717) is 11.3 Å². The minimum Gasteiger partial charge on any atom is -0.497 e. The fourth-order valence-corrected chi connectivity index (χ4v) is 2.06. The van der Waals surface area contributed by atoms with Gasteiger partial charge in [0.25, 0.3) is 0 Å². The van der Waals surface area contributed by atoms with Crippen LogP contribution in [0.4, 0.5) is 0 Å². The molecule has 1 aromatic rings. The predicted molar refractivity (Wildman–Crippen MR) is 85.0 cm³/mol. The van der Waals surface area contributed by atoms with E-state index in [1.165, 1.54) is 13.2 Å². The van der Waals surface area contributed by atoms with Crippen LogP contribution in [0.1, 0.15) is 5.56 Å². The van der Waals surface area contributed by atoms with E-state index in [4.69, 9.17) is 14.6 Å². The topological polar surface area (TPSA) is 84.9 Å². The summed E-state index contributed by atoms with van der Waals surface area (Å²) in [4.78, 5) is 23.1. The monoisotopic (exact) mass is 371 g/mol. The fraction of sp³-hybridized carbons (Fsp3) is 0.333. The Labute approximate surface area is 137 Å². The third-order valence-corrected chi connectivity index (χ3v) is 3.53. The summed E-state index contributed by atoms with van der Waals surface area (Å²) < 4.78 is 10.9. The Balaban J connectivity index is 2.67. The maximum absolute atomic E-state index is 12.0. The van der Waals surface area contributed by atoms with Crippen molar-refractivity contribution in [2.45, 2.75) is 12.5 Å². The fourth-order valence-electron chi connectivity index (χ4n) is 1.68. The highest BCUT2D eigenvalue weighted by atomic mass is 79.9. The maximum Gasteiger partial charge on any atom is 0.328 e. The molecule has 0 aromatic heterocycles. The van der Waals surface area contributed by atoms with Crippen molar-refractivity contribution in [2.75, 3.05) is 20.3 Å². The van der Waals surface area contributed by atoms with E-state index in [-0.39, 0.29) is 19.6 Å². The average Bonchev–Trinajstić information content (AvgIpc) is 2.48. The van der Waals surface area contributed by atoms with Gasteiger partial charge in [0, 0.05) is 4.47 Å². The molecule has 2 N–H and O–H groups in total. The summed E-state index contributed by atoms with van der Waals surface area (Å²) >= 11 is 3.35. The second-order valence-corrected chi connectivity index (χ2v) is 5.27. The second kappa shape index (κ2) is 9.22. The number of nitrogens with one attached hydrogen (secondary N) is 1. The molecule has 0 spiro atoms. The average molecular weight is 372 g/mol. The highest BCUT2D eigenvalue weighted by Gasteiger charge is 2.20. The molecule has 0 bridgehead atoms. The largest absolute Gasteiger partial charge is 0.497 e. The number of carbonyl (C=O) groups is 2. The number of hydrogen-bond donors (Lipinski definition) is 2. The third-order valence-electron chi connectivity index (χ3n) is 2.76. The van der Waals surface area contributed by atoms with Gasteiger partial charge in [-0.2, -0.15) is 0 Å². The lowest BCUT2D eigenvalue weighted by Gasteiger charge is -2.15. The number of ether oxygens (including phenoxy) is 2. The van der Waals surface area contributed by atoms with Gasteiger partial charge in [-0.1, -0.05) is 22.0 Å². The Morgan fingerprint density at radius 1 is 1.50 bits per heavy atom. The molecule has 7 heteroatoms. The molecule has 0 saturated heterocycles. The van der Waals surface area contributed by atoms with Crippen LogP contribution in [0.3, 0.4) is 0 Å². The summed E-state index contributed by atoms with van der Waals surface area (Å²) in [7, 11) is 1.53. The Bertz CT molecular complexity index is 547. The molecule has 1 amide bonds. The van der Waals surface area contributed by atoms with Gasteiger partial charge in [-0.3, -0.25) is 4.79 Å². The molecule has 0 radical (unpaired) electrons. The molecule has 6 nitrogen and oxygen atoms in total. The van der Waals surface area contributed by atoms with Gasteiger partial charge < -0.3 is 19.9 Å². The number of methoxy groups -OCH3 is 1. The van der Waals surface area contributed by atoms with Crippen molar-refractivity contribution in [3.05, 3.63) is 40.9 Å². The minimum atomic E-state index is -1.15. The van der Waals surface area contributed by atoms with Gasteiger partial charge in [-0.25, -0.2) is 4.79 Å². The summed E-state index contributed by atoms with van der Waals surface area (Å²) in [5.74, 6) is -0.944. The molecule has 1 aromatic carbocycles. The number of aliphatic carboxylic acids is 1. The van der Waals surface area contributed by atoms with Gasteiger partial charge in [-0.05, 0) is 23.8 Å². The van der Waals surface area contributed by atoms with Gasteiger partial charge in [0.2, 0.25) is 5.91 Å². The van der Waals surface area contributed by atoms with Crippen LogP contribution < -0.4 is 10.1 Å². The minimum absolute atomic E-state index is 0.0308. The van der Waals surface area contributed by atoms with Crippen LogP contribution in [0.25, 0.3) is 0 Å². The Morgan fingerprint density at radius 2 is 2.23 bits per heavy atom. The second-order valence-electron chi connectivity index (χ2n) is 4.42. The zero-order valence-corrected chi connectivity index (χ0v) is 13.8. The van der Waals surface area contributed by atoms with E-state index in [2.05, 4.69) is 27.8 Å². The Hall–Kier alpha value is -1.86. The van der Waals surface area contributed by atoms with Crippen LogP contribution in [-0.4, -0.2) is 43.3 Å². The summed E-state index contributed by atoms with van der Waals surface area (Å²) in [6.45, 7) is 3.57. The molecule has 0 heterocycles. The first-order valence-corrected chi connectivity index (χ1v) is 7.30. The molecule has 0 fully saturated rings. The van der Waals surface area contributed by atoms with Crippen LogP contribution in [0.15, 0.2) is 35.3 Å². The first kappa shape index (κ1) is 18.2. The summed E-state index contributed by atoms with van der Waals surface area (Å²) in [6.07, 6.45) is 1.54. The maximum atomic E-state index is 12.0. The van der Waals surface area contributed by atoms with E-state index >= 15 is 0 Å². The van der Waals surface area contributed by atoms with Gasteiger partial charge >= 0.3 is 5.97 Å². The van der Waals surface area contributed by atoms with Crippen LogP contribution in [0, 0.1) is 0 Å². The number of carboxylic acid groups (broad SMARTS) is 1. The number of carboxylic acids is 1. The lowest BCUT2D eigenvalue weighted by atomic mass is 10.1. The number of amides is 1. The lowest BCUT2D eigenvalue weighted by molar-refractivity contribution is -0.143. The van der Waals surface area contributed by atoms with Crippen molar-refractivity contribution in [2.24, 2.45) is 0 Å². The van der Waals surface area contributed by atoms with Gasteiger partial charge in [0.1, 0.15) is 5.75 Å². The van der Waals surface area contributed by atoms with Gasteiger partial charge in [-0.15, -0.1) is 6.58 Å². The van der Waals surface area contributed by atoms with Crippen LogP contribution in [0.5, 0.6) is 5.75 Å². The van der Waals surface area contributed by atoms with Crippen molar-refractivity contribution < 1.29 is 24.2 Å². The van der Waals surface area contributed by atoms with E-state index in [1.807, 2.05) is 0 Å². The molecular formula is C15H18BrNO5. The molecule has 120 valence electrons. The lowest BCUT2D eigenvalue weighted by Crippen LogP contribution is -2.44. The molecule has 1 unspecified atom stereocenters. The zero-order chi connectivity index (χ0) is 16.5. The van der Waals surface area contributed by atoms with Crippen molar-refractivity contribution >= 4 is 27.8 Å². The number of benzene rings is 1. The van der Waals surface area contributed by atoms with Crippen molar-refractivity contribution in [3.8, 4) is 5.75 Å². The summed E-state index contributed by atoms with van der Waals surface area (Å²) in [5, 5.41) is 11.5. The first-order chi connectivity index (χ1) is 10.5. The highest BCUT2D eigenvalue weighted by Crippen LogP contribution is 2.22. The number of rotatable bonds is 9. The zero-order valence-electron chi connectivity index (χ0n) is 12.2. The normalized spacial score (nSPS) is 11.5. The molecule has 22 heavy (non-hydrogen) atoms. The van der Waals surface area contributed by atoms with Crippen molar-refractivity contribution in [1.29, 1.82) is 0 Å². The predicted octanol–water partition coefficient (Wildman–Crippen LogP) is 1.77. The SMILES string of the molecule is C=CCOCC(NC(=O)Cc1cc(OC)ccc1Br)C(=O)O. The van der Waals surface area contributed by atoms with E-state index in [0.717, 1.165) is 4.47 Å². The highest BCUT2D eigenvalue weighted by molar-refractivity contribution is 9.10. The number of hydrogen-bond acceptors (Lipinski definition) is 4. The van der Waals surface area contributed by atoms with Crippen molar-refractivity contribution in [1.82, 2.24) is 5.32 Å². The van der Waals surface area contributed by atoms with Gasteiger partial charge in [0.15, 0.2) is 6.04 Å².